The Balaban J connectivity index is 1.96. The molecule has 6 nitrogen and oxygen atoms in total. The fourth-order valence-corrected chi connectivity index (χ4v) is 1.85. The number of anilines is 2. The van der Waals surface area contributed by atoms with Crippen molar-refractivity contribution in [2.45, 2.75) is 12.5 Å². The van der Waals surface area contributed by atoms with Crippen LogP contribution in [0.5, 0.6) is 0 Å². The van der Waals surface area contributed by atoms with E-state index in [4.69, 9.17) is 4.74 Å². The van der Waals surface area contributed by atoms with Crippen LogP contribution in [-0.2, 0) is 4.74 Å². The maximum absolute atomic E-state index is 9.49. The van der Waals surface area contributed by atoms with Crippen LogP contribution in [0.3, 0.4) is 0 Å². The van der Waals surface area contributed by atoms with E-state index in [0.29, 0.717) is 13.2 Å². The van der Waals surface area contributed by atoms with Crippen molar-refractivity contribution in [3.63, 3.8) is 0 Å². The summed E-state index contributed by atoms with van der Waals surface area (Å²) in [7, 11) is 1.67. The summed E-state index contributed by atoms with van der Waals surface area (Å²) in [6, 6.07) is 1.90. The molecule has 1 fully saturated rings. The minimum Gasteiger partial charge on any atom is -0.391 e. The van der Waals surface area contributed by atoms with Gasteiger partial charge in [-0.3, -0.25) is 0 Å². The van der Waals surface area contributed by atoms with Crippen LogP contribution in [0.1, 0.15) is 6.42 Å². The van der Waals surface area contributed by atoms with Gasteiger partial charge in [0.25, 0.3) is 0 Å². The van der Waals surface area contributed by atoms with Crippen molar-refractivity contribution in [3.05, 3.63) is 12.4 Å². The van der Waals surface area contributed by atoms with Crippen LogP contribution in [0.15, 0.2) is 12.4 Å². The van der Waals surface area contributed by atoms with Crippen molar-refractivity contribution in [2.75, 3.05) is 43.6 Å². The van der Waals surface area contributed by atoms with Gasteiger partial charge in [0.1, 0.15) is 18.0 Å². The number of nitrogens with zero attached hydrogens (tertiary/aromatic N) is 3. The van der Waals surface area contributed by atoms with E-state index in [0.717, 1.165) is 31.1 Å². The smallest absolute Gasteiger partial charge is 0.134 e. The van der Waals surface area contributed by atoms with E-state index in [-0.39, 0.29) is 6.10 Å². The van der Waals surface area contributed by atoms with Crippen LogP contribution in [0.4, 0.5) is 11.6 Å². The van der Waals surface area contributed by atoms with E-state index < -0.39 is 0 Å². The second kappa shape index (κ2) is 5.79. The zero-order valence-electron chi connectivity index (χ0n) is 9.96. The van der Waals surface area contributed by atoms with Gasteiger partial charge in [0.05, 0.1) is 12.7 Å². The first kappa shape index (κ1) is 12.1. The molecule has 1 saturated heterocycles. The summed E-state index contributed by atoms with van der Waals surface area (Å²) >= 11 is 0. The first-order valence-corrected chi connectivity index (χ1v) is 5.77. The summed E-state index contributed by atoms with van der Waals surface area (Å²) in [4.78, 5) is 10.4. The molecule has 0 saturated carbocycles. The number of aromatic nitrogens is 2. The monoisotopic (exact) mass is 238 g/mol. The molecule has 1 aliphatic heterocycles. The Hall–Kier alpha value is -1.40. The molecule has 1 aromatic heterocycles. The lowest BCUT2D eigenvalue weighted by Gasteiger charge is -2.16. The van der Waals surface area contributed by atoms with Crippen molar-refractivity contribution in [2.24, 2.45) is 0 Å². The zero-order valence-corrected chi connectivity index (χ0v) is 9.96. The quantitative estimate of drug-likeness (QED) is 0.709. The third kappa shape index (κ3) is 3.28. The molecule has 2 rings (SSSR count). The maximum Gasteiger partial charge on any atom is 0.134 e. The standard InChI is InChI=1S/C11H18N4O2/c1-17-5-3-12-10-6-11(14-8-13-10)15-4-2-9(16)7-15/h6,8-9,16H,2-5,7H2,1H3,(H,12,13,14). The molecule has 0 spiro atoms. The third-order valence-electron chi connectivity index (χ3n) is 2.75. The lowest BCUT2D eigenvalue weighted by atomic mass is 10.3. The molecule has 0 aromatic carbocycles. The van der Waals surface area contributed by atoms with Gasteiger partial charge in [0.2, 0.25) is 0 Å². The summed E-state index contributed by atoms with van der Waals surface area (Å²) in [5.74, 6) is 1.64. The highest BCUT2D eigenvalue weighted by Crippen LogP contribution is 2.19. The fourth-order valence-electron chi connectivity index (χ4n) is 1.85. The SMILES string of the molecule is COCCNc1cc(N2CCC(O)C2)ncn1. The highest BCUT2D eigenvalue weighted by Gasteiger charge is 2.21. The molecular weight excluding hydrogens is 220 g/mol. The number of nitrogens with one attached hydrogen (secondary N) is 1. The van der Waals surface area contributed by atoms with Crippen molar-refractivity contribution < 1.29 is 9.84 Å². The van der Waals surface area contributed by atoms with Gasteiger partial charge in [-0.2, -0.15) is 0 Å². The molecule has 2 N–H and O–H groups in total. The van der Waals surface area contributed by atoms with Crippen molar-refractivity contribution in [1.29, 1.82) is 0 Å². The molecule has 94 valence electrons. The average molecular weight is 238 g/mol. The van der Waals surface area contributed by atoms with Gasteiger partial charge in [-0.05, 0) is 6.42 Å². The molecule has 6 heteroatoms. The summed E-state index contributed by atoms with van der Waals surface area (Å²) in [6.07, 6.45) is 2.10. The van der Waals surface area contributed by atoms with Crippen LogP contribution in [0, 0.1) is 0 Å². The number of aliphatic hydroxyl groups excluding tert-OH is 1. The lowest BCUT2D eigenvalue weighted by molar-refractivity contribution is 0.198. The molecule has 1 unspecified atom stereocenters. The molecular formula is C11H18N4O2. The Morgan fingerprint density at radius 3 is 3.18 bits per heavy atom. The summed E-state index contributed by atoms with van der Waals surface area (Å²) < 4.78 is 4.96. The van der Waals surface area contributed by atoms with Gasteiger partial charge in [-0.1, -0.05) is 0 Å². The largest absolute Gasteiger partial charge is 0.391 e. The Bertz CT molecular complexity index is 361. The number of ether oxygens (including phenoxy) is 1. The Morgan fingerprint density at radius 2 is 2.47 bits per heavy atom. The minimum absolute atomic E-state index is 0.241. The second-order valence-electron chi connectivity index (χ2n) is 4.07. The number of rotatable bonds is 5. The van der Waals surface area contributed by atoms with Gasteiger partial charge in [-0.25, -0.2) is 9.97 Å². The van der Waals surface area contributed by atoms with E-state index in [9.17, 15) is 5.11 Å². The second-order valence-corrected chi connectivity index (χ2v) is 4.07. The molecule has 0 radical (unpaired) electrons. The van der Waals surface area contributed by atoms with Gasteiger partial charge in [-0.15, -0.1) is 0 Å². The molecule has 1 aliphatic rings. The topological polar surface area (TPSA) is 70.5 Å². The van der Waals surface area contributed by atoms with Gasteiger partial charge in [0.15, 0.2) is 0 Å². The first-order valence-electron chi connectivity index (χ1n) is 5.77. The van der Waals surface area contributed by atoms with Crippen molar-refractivity contribution in [3.8, 4) is 0 Å². The molecule has 0 aliphatic carbocycles. The van der Waals surface area contributed by atoms with Crippen LogP contribution in [-0.4, -0.2) is 54.5 Å². The molecule has 1 atom stereocenters. The van der Waals surface area contributed by atoms with Gasteiger partial charge < -0.3 is 20.1 Å². The van der Waals surface area contributed by atoms with E-state index in [1.54, 1.807) is 7.11 Å². The van der Waals surface area contributed by atoms with Crippen LogP contribution in [0.25, 0.3) is 0 Å². The summed E-state index contributed by atoms with van der Waals surface area (Å²) in [5.41, 5.74) is 0. The average Bonchev–Trinajstić information content (AvgIpc) is 2.77. The maximum atomic E-state index is 9.49. The fraction of sp³-hybridized carbons (Fsp3) is 0.636. The predicted molar refractivity (Wildman–Crippen MR) is 65.2 cm³/mol. The predicted octanol–water partition coefficient (Wildman–Crippen LogP) is 0.106. The van der Waals surface area contributed by atoms with Crippen molar-refractivity contribution in [1.82, 2.24) is 9.97 Å². The van der Waals surface area contributed by atoms with Gasteiger partial charge in [0, 0.05) is 32.8 Å². The number of β-amino-alcohol motifs (C(OH)–C–C–N with tert-alkyl or cyclic N) is 1. The number of hydrogen-bond donors (Lipinski definition) is 2. The van der Waals surface area contributed by atoms with Crippen LogP contribution < -0.4 is 10.2 Å². The molecule has 0 amide bonds. The van der Waals surface area contributed by atoms with E-state index in [1.807, 2.05) is 6.07 Å². The lowest BCUT2D eigenvalue weighted by Crippen LogP contribution is -2.22. The first-order chi connectivity index (χ1) is 8.29. The van der Waals surface area contributed by atoms with E-state index >= 15 is 0 Å². The molecule has 1 aromatic rings. The minimum atomic E-state index is -0.241. The number of hydrogen-bond acceptors (Lipinski definition) is 6. The number of methoxy groups -OCH3 is 1. The third-order valence-corrected chi connectivity index (χ3v) is 2.75. The number of aliphatic hydroxyl groups is 1. The Labute approximate surface area is 101 Å². The highest BCUT2D eigenvalue weighted by molar-refractivity contribution is 5.49. The molecule has 0 bridgehead atoms. The highest BCUT2D eigenvalue weighted by atomic mass is 16.5. The summed E-state index contributed by atoms with van der Waals surface area (Å²) in [5, 5.41) is 12.6. The normalized spacial score (nSPS) is 19.6. The van der Waals surface area contributed by atoms with Crippen LogP contribution >= 0.6 is 0 Å². The van der Waals surface area contributed by atoms with Crippen LogP contribution in [0.2, 0.25) is 0 Å². The Kier molecular flexibility index (Phi) is 4.11. The van der Waals surface area contributed by atoms with E-state index in [2.05, 4.69) is 20.2 Å². The molecule has 17 heavy (non-hydrogen) atoms. The van der Waals surface area contributed by atoms with Crippen molar-refractivity contribution >= 4 is 11.6 Å². The Morgan fingerprint density at radius 1 is 1.59 bits per heavy atom. The zero-order chi connectivity index (χ0) is 12.1. The van der Waals surface area contributed by atoms with Gasteiger partial charge >= 0.3 is 0 Å². The van der Waals surface area contributed by atoms with E-state index in [1.165, 1.54) is 6.33 Å². The summed E-state index contributed by atoms with van der Waals surface area (Å²) in [6.45, 7) is 2.85. The molecule has 2 heterocycles.